The molecule has 3 heteroatoms. The first-order chi connectivity index (χ1) is 9.69. The number of anilines is 2. The molecule has 0 bridgehead atoms. The number of halogens is 1. The van der Waals surface area contributed by atoms with Gasteiger partial charge in [-0.15, -0.1) is 0 Å². The summed E-state index contributed by atoms with van der Waals surface area (Å²) >= 11 is 3.43. The summed E-state index contributed by atoms with van der Waals surface area (Å²) in [6, 6.07) is 16.7. The predicted octanol–water partition coefficient (Wildman–Crippen LogP) is 4.92. The second kappa shape index (κ2) is 6.58. The maximum Gasteiger partial charge on any atom is 0.101 e. The van der Waals surface area contributed by atoms with E-state index in [-0.39, 0.29) is 0 Å². The molecule has 0 amide bonds. The van der Waals surface area contributed by atoms with Gasteiger partial charge in [-0.25, -0.2) is 0 Å². The minimum Gasteiger partial charge on any atom is -0.341 e. The molecule has 0 saturated carbocycles. The summed E-state index contributed by atoms with van der Waals surface area (Å²) in [5, 5.41) is 10.1. The van der Waals surface area contributed by atoms with Crippen molar-refractivity contribution < 1.29 is 0 Å². The van der Waals surface area contributed by atoms with E-state index in [4.69, 9.17) is 0 Å². The molecule has 0 N–H and O–H groups in total. The van der Waals surface area contributed by atoms with E-state index in [1.807, 2.05) is 12.1 Å². The fourth-order valence-electron chi connectivity index (χ4n) is 2.21. The largest absolute Gasteiger partial charge is 0.341 e. The molecule has 2 nitrogen and oxygen atoms in total. The van der Waals surface area contributed by atoms with Gasteiger partial charge in [0.1, 0.15) is 6.07 Å². The van der Waals surface area contributed by atoms with E-state index in [9.17, 15) is 5.26 Å². The number of rotatable bonds is 4. The van der Waals surface area contributed by atoms with Gasteiger partial charge in [-0.2, -0.15) is 5.26 Å². The van der Waals surface area contributed by atoms with E-state index >= 15 is 0 Å². The average Bonchev–Trinajstić information content (AvgIpc) is 2.50. The number of hydrogen-bond acceptors (Lipinski definition) is 2. The normalized spacial score (nSPS) is 10.1. The first-order valence-electron chi connectivity index (χ1n) is 6.62. The van der Waals surface area contributed by atoms with Gasteiger partial charge in [0, 0.05) is 17.6 Å². The first-order valence-corrected chi connectivity index (χ1v) is 7.75. The maximum absolute atomic E-state index is 9.38. The lowest BCUT2D eigenvalue weighted by atomic mass is 10.1. The molecule has 20 heavy (non-hydrogen) atoms. The zero-order valence-corrected chi connectivity index (χ0v) is 13.3. The van der Waals surface area contributed by atoms with E-state index in [2.05, 4.69) is 71.1 Å². The quantitative estimate of drug-likeness (QED) is 0.745. The molecule has 0 aliphatic rings. The molecule has 0 heterocycles. The summed E-state index contributed by atoms with van der Waals surface area (Å²) in [5.41, 5.74) is 5.14. The van der Waals surface area contributed by atoms with Crippen LogP contribution in [0.3, 0.4) is 0 Å². The van der Waals surface area contributed by atoms with Gasteiger partial charge < -0.3 is 4.90 Å². The number of aryl methyl sites for hydroxylation is 1. The van der Waals surface area contributed by atoms with E-state index in [1.165, 1.54) is 5.56 Å². The molecule has 0 unspecified atom stereocenters. The van der Waals surface area contributed by atoms with Crippen LogP contribution in [0.5, 0.6) is 0 Å². The van der Waals surface area contributed by atoms with Crippen LogP contribution in [0.25, 0.3) is 0 Å². The highest BCUT2D eigenvalue weighted by Gasteiger charge is 2.12. The summed E-state index contributed by atoms with van der Waals surface area (Å²) in [5.74, 6) is 0. The molecule has 0 aromatic heterocycles. The van der Waals surface area contributed by atoms with Crippen LogP contribution in [0.1, 0.15) is 23.6 Å². The molecular formula is C17H17BrN2. The lowest BCUT2D eigenvalue weighted by molar-refractivity contribution is 1.02. The molecule has 0 saturated heterocycles. The number of hydrogen-bond donors (Lipinski definition) is 0. The number of nitrogens with zero attached hydrogens (tertiary/aromatic N) is 2. The van der Waals surface area contributed by atoms with Crippen LogP contribution in [-0.4, -0.2) is 6.54 Å². The van der Waals surface area contributed by atoms with Crippen LogP contribution in [0.15, 0.2) is 42.5 Å². The Morgan fingerprint density at radius 3 is 2.40 bits per heavy atom. The summed E-state index contributed by atoms with van der Waals surface area (Å²) in [6.07, 6.45) is 0. The number of benzene rings is 2. The molecule has 0 radical (unpaired) electrons. The van der Waals surface area contributed by atoms with Crippen molar-refractivity contribution in [3.8, 4) is 6.07 Å². The summed E-state index contributed by atoms with van der Waals surface area (Å²) in [4.78, 5) is 2.16. The van der Waals surface area contributed by atoms with Gasteiger partial charge in [0.2, 0.25) is 0 Å². The Morgan fingerprint density at radius 2 is 1.85 bits per heavy atom. The lowest BCUT2D eigenvalue weighted by Crippen LogP contribution is -2.17. The molecular weight excluding hydrogens is 312 g/mol. The van der Waals surface area contributed by atoms with Crippen LogP contribution in [0.2, 0.25) is 0 Å². The van der Waals surface area contributed by atoms with Crippen molar-refractivity contribution in [2.24, 2.45) is 0 Å². The third kappa shape index (κ3) is 3.02. The third-order valence-electron chi connectivity index (χ3n) is 3.29. The van der Waals surface area contributed by atoms with Gasteiger partial charge in [0.15, 0.2) is 0 Å². The summed E-state index contributed by atoms with van der Waals surface area (Å²) in [7, 11) is 0. The molecule has 0 atom stereocenters. The minimum atomic E-state index is 0.712. The minimum absolute atomic E-state index is 0.712. The van der Waals surface area contributed by atoms with Crippen LogP contribution < -0.4 is 4.90 Å². The Kier molecular flexibility index (Phi) is 4.81. The fraction of sp³-hybridized carbons (Fsp3) is 0.235. The Hall–Kier alpha value is -1.79. The molecule has 2 aromatic carbocycles. The van der Waals surface area contributed by atoms with E-state index in [0.717, 1.165) is 28.8 Å². The van der Waals surface area contributed by atoms with Crippen LogP contribution in [0, 0.1) is 18.3 Å². The van der Waals surface area contributed by atoms with Crippen molar-refractivity contribution in [2.75, 3.05) is 11.4 Å². The molecule has 2 rings (SSSR count). The van der Waals surface area contributed by atoms with Crippen molar-refractivity contribution in [1.29, 1.82) is 5.26 Å². The Bertz CT molecular complexity index is 626. The number of alkyl halides is 1. The Balaban J connectivity index is 2.47. The summed E-state index contributed by atoms with van der Waals surface area (Å²) < 4.78 is 0. The van der Waals surface area contributed by atoms with E-state index in [0.29, 0.717) is 5.56 Å². The van der Waals surface area contributed by atoms with Crippen molar-refractivity contribution >= 4 is 27.3 Å². The van der Waals surface area contributed by atoms with Gasteiger partial charge >= 0.3 is 0 Å². The zero-order chi connectivity index (χ0) is 14.5. The first kappa shape index (κ1) is 14.6. The zero-order valence-electron chi connectivity index (χ0n) is 11.7. The highest BCUT2D eigenvalue weighted by molar-refractivity contribution is 9.08. The Labute approximate surface area is 128 Å². The third-order valence-corrected chi connectivity index (χ3v) is 3.94. The average molecular weight is 329 g/mol. The van der Waals surface area contributed by atoms with Gasteiger partial charge in [0.25, 0.3) is 0 Å². The van der Waals surface area contributed by atoms with Gasteiger partial charge in [-0.3, -0.25) is 0 Å². The topological polar surface area (TPSA) is 27.0 Å². The standard InChI is InChI=1S/C17H17BrN2/c1-3-20(16-7-4-13(2)5-8-16)17-9-6-14(11-18)10-15(17)12-19/h4-10H,3,11H2,1-2H3. The summed E-state index contributed by atoms with van der Waals surface area (Å²) in [6.45, 7) is 5.00. The van der Waals surface area contributed by atoms with Crippen LogP contribution >= 0.6 is 15.9 Å². The fourth-order valence-corrected chi connectivity index (χ4v) is 2.56. The maximum atomic E-state index is 9.38. The Morgan fingerprint density at radius 1 is 1.15 bits per heavy atom. The van der Waals surface area contributed by atoms with Crippen LogP contribution in [-0.2, 0) is 5.33 Å². The molecule has 2 aromatic rings. The molecule has 0 aliphatic heterocycles. The van der Waals surface area contributed by atoms with Crippen LogP contribution in [0.4, 0.5) is 11.4 Å². The SMILES string of the molecule is CCN(c1ccc(C)cc1)c1ccc(CBr)cc1C#N. The van der Waals surface area contributed by atoms with Gasteiger partial charge in [-0.1, -0.05) is 39.7 Å². The van der Waals surface area contributed by atoms with Crippen molar-refractivity contribution in [1.82, 2.24) is 0 Å². The van der Waals surface area contributed by atoms with E-state index in [1.54, 1.807) is 0 Å². The molecule has 0 spiro atoms. The van der Waals surface area contributed by atoms with Gasteiger partial charge in [0.05, 0.1) is 11.3 Å². The predicted molar refractivity (Wildman–Crippen MR) is 87.6 cm³/mol. The monoisotopic (exact) mass is 328 g/mol. The second-order valence-electron chi connectivity index (χ2n) is 4.68. The van der Waals surface area contributed by atoms with Crippen molar-refractivity contribution in [2.45, 2.75) is 19.2 Å². The molecule has 0 fully saturated rings. The lowest BCUT2D eigenvalue weighted by Gasteiger charge is -2.24. The highest BCUT2D eigenvalue weighted by Crippen LogP contribution is 2.29. The van der Waals surface area contributed by atoms with Crippen molar-refractivity contribution in [3.63, 3.8) is 0 Å². The van der Waals surface area contributed by atoms with Gasteiger partial charge in [-0.05, 0) is 43.7 Å². The number of nitriles is 1. The molecule has 102 valence electrons. The van der Waals surface area contributed by atoms with E-state index < -0.39 is 0 Å². The molecule has 0 aliphatic carbocycles. The smallest absolute Gasteiger partial charge is 0.101 e. The highest BCUT2D eigenvalue weighted by atomic mass is 79.9. The van der Waals surface area contributed by atoms with Crippen molar-refractivity contribution in [3.05, 3.63) is 59.2 Å². The second-order valence-corrected chi connectivity index (χ2v) is 5.24.